The molecule has 1 unspecified atom stereocenters. The summed E-state index contributed by atoms with van der Waals surface area (Å²) < 4.78 is 0. The SMILES string of the molecule is CC(C)c1ccc(CNC2CCCN(C)C2)cc1. The van der Waals surface area contributed by atoms with Crippen molar-refractivity contribution in [2.24, 2.45) is 0 Å². The maximum atomic E-state index is 3.68. The number of hydrogen-bond donors (Lipinski definition) is 1. The Kier molecular flexibility index (Phi) is 4.79. The van der Waals surface area contributed by atoms with Gasteiger partial charge in [0.05, 0.1) is 0 Å². The lowest BCUT2D eigenvalue weighted by Crippen LogP contribution is -2.43. The number of nitrogens with zero attached hydrogens (tertiary/aromatic N) is 1. The first-order chi connectivity index (χ1) is 8.65. The fourth-order valence-corrected chi connectivity index (χ4v) is 2.62. The molecule has 2 nitrogen and oxygen atoms in total. The van der Waals surface area contributed by atoms with Gasteiger partial charge < -0.3 is 10.2 Å². The zero-order valence-corrected chi connectivity index (χ0v) is 11.9. The minimum absolute atomic E-state index is 0.624. The number of piperidine rings is 1. The maximum absolute atomic E-state index is 3.68. The Morgan fingerprint density at radius 3 is 2.61 bits per heavy atom. The summed E-state index contributed by atoms with van der Waals surface area (Å²) in [5.74, 6) is 0.624. The molecular formula is C16H26N2. The fourth-order valence-electron chi connectivity index (χ4n) is 2.62. The van der Waals surface area contributed by atoms with E-state index in [9.17, 15) is 0 Å². The molecule has 0 aliphatic carbocycles. The minimum atomic E-state index is 0.624. The lowest BCUT2D eigenvalue weighted by molar-refractivity contribution is 0.226. The predicted octanol–water partition coefficient (Wildman–Crippen LogP) is 2.99. The van der Waals surface area contributed by atoms with Crippen molar-refractivity contribution in [3.63, 3.8) is 0 Å². The molecule has 1 aromatic carbocycles. The molecule has 2 heteroatoms. The normalized spacial score (nSPS) is 21.4. The first-order valence-corrected chi connectivity index (χ1v) is 7.16. The van der Waals surface area contributed by atoms with Gasteiger partial charge in [-0.25, -0.2) is 0 Å². The second kappa shape index (κ2) is 6.35. The number of likely N-dealkylation sites (N-methyl/N-ethyl adjacent to an activating group) is 1. The number of benzene rings is 1. The summed E-state index contributed by atoms with van der Waals surface area (Å²) in [6.07, 6.45) is 2.63. The molecule has 1 aromatic rings. The van der Waals surface area contributed by atoms with Gasteiger partial charge in [-0.3, -0.25) is 0 Å². The van der Waals surface area contributed by atoms with Gasteiger partial charge in [-0.05, 0) is 43.5 Å². The van der Waals surface area contributed by atoms with E-state index < -0.39 is 0 Å². The minimum Gasteiger partial charge on any atom is -0.309 e. The lowest BCUT2D eigenvalue weighted by atomic mass is 10.0. The largest absolute Gasteiger partial charge is 0.309 e. The van der Waals surface area contributed by atoms with Gasteiger partial charge in [0.2, 0.25) is 0 Å². The molecule has 100 valence electrons. The van der Waals surface area contributed by atoms with Gasteiger partial charge >= 0.3 is 0 Å². The average molecular weight is 246 g/mol. The Balaban J connectivity index is 1.82. The van der Waals surface area contributed by atoms with Crippen molar-refractivity contribution in [1.29, 1.82) is 0 Å². The van der Waals surface area contributed by atoms with E-state index in [1.165, 1.54) is 37.1 Å². The van der Waals surface area contributed by atoms with Crippen molar-refractivity contribution in [3.05, 3.63) is 35.4 Å². The van der Waals surface area contributed by atoms with Crippen LogP contribution in [0.5, 0.6) is 0 Å². The first kappa shape index (κ1) is 13.6. The van der Waals surface area contributed by atoms with Crippen LogP contribution in [0.2, 0.25) is 0 Å². The van der Waals surface area contributed by atoms with Crippen LogP contribution in [0.3, 0.4) is 0 Å². The molecule has 0 aromatic heterocycles. The molecule has 2 rings (SSSR count). The number of hydrogen-bond acceptors (Lipinski definition) is 2. The van der Waals surface area contributed by atoms with Crippen LogP contribution in [0, 0.1) is 0 Å². The molecule has 1 aliphatic rings. The van der Waals surface area contributed by atoms with Gasteiger partial charge in [-0.1, -0.05) is 38.1 Å². The highest BCUT2D eigenvalue weighted by molar-refractivity contribution is 5.24. The standard InChI is InChI=1S/C16H26N2/c1-13(2)15-8-6-14(7-9-15)11-17-16-5-4-10-18(3)12-16/h6-9,13,16-17H,4-5,10-12H2,1-3H3. The molecule has 0 saturated carbocycles. The Bertz CT molecular complexity index is 356. The summed E-state index contributed by atoms with van der Waals surface area (Å²) in [6.45, 7) is 7.92. The van der Waals surface area contributed by atoms with Crippen LogP contribution in [-0.2, 0) is 6.54 Å². The first-order valence-electron chi connectivity index (χ1n) is 7.16. The van der Waals surface area contributed by atoms with Crippen molar-refractivity contribution >= 4 is 0 Å². The summed E-state index contributed by atoms with van der Waals surface area (Å²) in [5.41, 5.74) is 2.82. The van der Waals surface area contributed by atoms with Crippen LogP contribution >= 0.6 is 0 Å². The van der Waals surface area contributed by atoms with E-state index in [-0.39, 0.29) is 0 Å². The number of likely N-dealkylation sites (tertiary alicyclic amines) is 1. The highest BCUT2D eigenvalue weighted by atomic mass is 15.1. The number of nitrogens with one attached hydrogen (secondary N) is 1. The Labute approximate surface area is 111 Å². The topological polar surface area (TPSA) is 15.3 Å². The van der Waals surface area contributed by atoms with E-state index in [0.717, 1.165) is 6.54 Å². The lowest BCUT2D eigenvalue weighted by Gasteiger charge is -2.30. The molecule has 0 amide bonds. The monoisotopic (exact) mass is 246 g/mol. The van der Waals surface area contributed by atoms with E-state index >= 15 is 0 Å². The van der Waals surface area contributed by atoms with Crippen LogP contribution in [0.4, 0.5) is 0 Å². The molecule has 0 bridgehead atoms. The zero-order valence-electron chi connectivity index (χ0n) is 11.9. The highest BCUT2D eigenvalue weighted by Gasteiger charge is 2.16. The zero-order chi connectivity index (χ0) is 13.0. The molecule has 1 atom stereocenters. The van der Waals surface area contributed by atoms with Crippen molar-refractivity contribution in [3.8, 4) is 0 Å². The highest BCUT2D eigenvalue weighted by Crippen LogP contribution is 2.15. The van der Waals surface area contributed by atoms with Gasteiger partial charge in [0.15, 0.2) is 0 Å². The van der Waals surface area contributed by atoms with E-state index in [1.54, 1.807) is 0 Å². The molecular weight excluding hydrogens is 220 g/mol. The molecule has 18 heavy (non-hydrogen) atoms. The van der Waals surface area contributed by atoms with Crippen LogP contribution < -0.4 is 5.32 Å². The quantitative estimate of drug-likeness (QED) is 0.878. The predicted molar refractivity (Wildman–Crippen MR) is 77.9 cm³/mol. The fraction of sp³-hybridized carbons (Fsp3) is 0.625. The van der Waals surface area contributed by atoms with Crippen LogP contribution in [0.25, 0.3) is 0 Å². The Morgan fingerprint density at radius 1 is 1.28 bits per heavy atom. The smallest absolute Gasteiger partial charge is 0.0208 e. The van der Waals surface area contributed by atoms with E-state index in [0.29, 0.717) is 12.0 Å². The average Bonchev–Trinajstić information content (AvgIpc) is 2.37. The van der Waals surface area contributed by atoms with E-state index in [2.05, 4.69) is 55.4 Å². The summed E-state index contributed by atoms with van der Waals surface area (Å²) in [7, 11) is 2.21. The summed E-state index contributed by atoms with van der Waals surface area (Å²) in [5, 5.41) is 3.68. The van der Waals surface area contributed by atoms with Crippen LogP contribution in [0.1, 0.15) is 43.7 Å². The third kappa shape index (κ3) is 3.82. The van der Waals surface area contributed by atoms with Crippen LogP contribution in [0.15, 0.2) is 24.3 Å². The van der Waals surface area contributed by atoms with Gasteiger partial charge in [-0.15, -0.1) is 0 Å². The van der Waals surface area contributed by atoms with Crippen molar-refractivity contribution in [2.75, 3.05) is 20.1 Å². The molecule has 1 heterocycles. The summed E-state index contributed by atoms with van der Waals surface area (Å²) in [6, 6.07) is 9.70. The van der Waals surface area contributed by atoms with Crippen molar-refractivity contribution in [1.82, 2.24) is 10.2 Å². The van der Waals surface area contributed by atoms with Gasteiger partial charge in [0.25, 0.3) is 0 Å². The Morgan fingerprint density at radius 2 is 2.00 bits per heavy atom. The second-order valence-corrected chi connectivity index (χ2v) is 5.88. The van der Waals surface area contributed by atoms with Crippen LogP contribution in [-0.4, -0.2) is 31.1 Å². The maximum Gasteiger partial charge on any atom is 0.0208 e. The summed E-state index contributed by atoms with van der Waals surface area (Å²) >= 11 is 0. The molecule has 1 N–H and O–H groups in total. The van der Waals surface area contributed by atoms with E-state index in [1.807, 2.05) is 0 Å². The van der Waals surface area contributed by atoms with E-state index in [4.69, 9.17) is 0 Å². The molecule has 0 radical (unpaired) electrons. The van der Waals surface area contributed by atoms with Gasteiger partial charge in [-0.2, -0.15) is 0 Å². The van der Waals surface area contributed by atoms with Gasteiger partial charge in [0.1, 0.15) is 0 Å². The summed E-state index contributed by atoms with van der Waals surface area (Å²) in [4.78, 5) is 2.42. The van der Waals surface area contributed by atoms with Crippen molar-refractivity contribution in [2.45, 2.75) is 45.2 Å². The van der Waals surface area contributed by atoms with Crippen molar-refractivity contribution < 1.29 is 0 Å². The molecule has 1 aliphatic heterocycles. The second-order valence-electron chi connectivity index (χ2n) is 5.88. The van der Waals surface area contributed by atoms with Gasteiger partial charge in [0, 0.05) is 19.1 Å². The third-order valence-corrected chi connectivity index (χ3v) is 3.87. The molecule has 0 spiro atoms. The molecule has 1 saturated heterocycles. The number of rotatable bonds is 4. The Hall–Kier alpha value is -0.860. The molecule has 1 fully saturated rings. The third-order valence-electron chi connectivity index (χ3n) is 3.87.